The summed E-state index contributed by atoms with van der Waals surface area (Å²) in [7, 11) is 0. The van der Waals surface area contributed by atoms with E-state index in [4.69, 9.17) is 0 Å². The lowest BCUT2D eigenvalue weighted by Crippen LogP contribution is -2.00. The molecule has 66 valence electrons. The largest absolute Gasteiger partial charge is 0.286 e. The molecule has 4 heteroatoms. The minimum atomic E-state index is 0.0185. The van der Waals surface area contributed by atoms with Crippen LogP contribution in [0.2, 0.25) is 0 Å². The van der Waals surface area contributed by atoms with E-state index in [1.54, 1.807) is 12.3 Å². The van der Waals surface area contributed by atoms with E-state index < -0.39 is 0 Å². The molecule has 0 amide bonds. The topological polar surface area (TPSA) is 45.8 Å². The van der Waals surface area contributed by atoms with Gasteiger partial charge in [0.05, 0.1) is 4.88 Å². The number of aryl methyl sites for hydroxylation is 1. The number of ketones is 1. The van der Waals surface area contributed by atoms with Crippen LogP contribution in [-0.2, 0) is 0 Å². The number of nitrogens with one attached hydrogen (secondary N) is 1. The molecule has 1 N–H and O–H groups in total. The molecule has 0 aliphatic heterocycles. The van der Waals surface area contributed by atoms with E-state index in [1.807, 2.05) is 18.4 Å². The van der Waals surface area contributed by atoms with E-state index >= 15 is 0 Å². The molecule has 0 aliphatic carbocycles. The second-order valence-corrected chi connectivity index (χ2v) is 3.65. The molecule has 0 aliphatic rings. The summed E-state index contributed by atoms with van der Waals surface area (Å²) in [6.45, 7) is 1.93. The Morgan fingerprint density at radius 2 is 2.38 bits per heavy atom. The molecule has 0 aromatic carbocycles. The summed E-state index contributed by atoms with van der Waals surface area (Å²) in [5.41, 5.74) is 1.56. The van der Waals surface area contributed by atoms with E-state index in [2.05, 4.69) is 10.2 Å². The molecule has 0 atom stereocenters. The Kier molecular flexibility index (Phi) is 1.98. The molecular formula is C9H8N2OS. The molecule has 2 aromatic rings. The number of hydrogen-bond donors (Lipinski definition) is 1. The first kappa shape index (κ1) is 8.19. The van der Waals surface area contributed by atoms with Crippen LogP contribution in [0, 0.1) is 6.92 Å². The zero-order valence-corrected chi connectivity index (χ0v) is 7.89. The fourth-order valence-corrected chi connectivity index (χ4v) is 1.99. The molecule has 2 heterocycles. The molecule has 0 saturated carbocycles. The van der Waals surface area contributed by atoms with Crippen molar-refractivity contribution in [3.8, 4) is 0 Å². The van der Waals surface area contributed by atoms with Crippen molar-refractivity contribution in [2.45, 2.75) is 6.92 Å². The molecule has 0 radical (unpaired) electrons. The molecule has 0 spiro atoms. The highest BCUT2D eigenvalue weighted by molar-refractivity contribution is 7.12. The van der Waals surface area contributed by atoms with Crippen LogP contribution in [-0.4, -0.2) is 16.0 Å². The number of aromatic amines is 1. The Bertz CT molecular complexity index is 417. The van der Waals surface area contributed by atoms with Crippen LogP contribution in [0.5, 0.6) is 0 Å². The average Bonchev–Trinajstić information content (AvgIpc) is 2.72. The van der Waals surface area contributed by atoms with Gasteiger partial charge in [0, 0.05) is 6.20 Å². The summed E-state index contributed by atoms with van der Waals surface area (Å²) in [6.07, 6.45) is 1.58. The molecule has 3 nitrogen and oxygen atoms in total. The van der Waals surface area contributed by atoms with Crippen LogP contribution in [0.15, 0.2) is 23.7 Å². The summed E-state index contributed by atoms with van der Waals surface area (Å²) in [6, 6.07) is 3.62. The van der Waals surface area contributed by atoms with Crippen molar-refractivity contribution in [3.05, 3.63) is 39.8 Å². The number of H-pyrrole nitrogens is 1. The van der Waals surface area contributed by atoms with Crippen LogP contribution in [0.4, 0.5) is 0 Å². The van der Waals surface area contributed by atoms with Crippen molar-refractivity contribution in [2.24, 2.45) is 0 Å². The minimum absolute atomic E-state index is 0.0185. The molecular weight excluding hydrogens is 184 g/mol. The van der Waals surface area contributed by atoms with Crippen LogP contribution >= 0.6 is 11.3 Å². The molecule has 0 unspecified atom stereocenters. The maximum absolute atomic E-state index is 11.7. The lowest BCUT2D eigenvalue weighted by atomic mass is 10.2. The molecule has 2 aromatic heterocycles. The Hall–Kier alpha value is -1.42. The predicted octanol–water partition coefficient (Wildman–Crippen LogP) is 2.01. The highest BCUT2D eigenvalue weighted by Gasteiger charge is 2.13. The van der Waals surface area contributed by atoms with Gasteiger partial charge in [-0.3, -0.25) is 9.89 Å². The number of rotatable bonds is 2. The van der Waals surface area contributed by atoms with Gasteiger partial charge in [-0.2, -0.15) is 5.10 Å². The summed E-state index contributed by atoms with van der Waals surface area (Å²) in [4.78, 5) is 12.5. The monoisotopic (exact) mass is 192 g/mol. The number of hydrogen-bond acceptors (Lipinski definition) is 3. The smallest absolute Gasteiger partial charge is 0.220 e. The standard InChI is InChI=1S/C9H8N2OS/c1-6-3-5-13-9(6)8(12)7-2-4-10-11-7/h2-5H,1H3,(H,10,11). The normalized spacial score (nSPS) is 10.2. The fourth-order valence-electron chi connectivity index (χ4n) is 1.11. The summed E-state index contributed by atoms with van der Waals surface area (Å²) >= 11 is 1.46. The maximum atomic E-state index is 11.7. The van der Waals surface area contributed by atoms with E-state index in [0.717, 1.165) is 10.4 Å². The Morgan fingerprint density at radius 3 is 2.92 bits per heavy atom. The van der Waals surface area contributed by atoms with Gasteiger partial charge in [-0.25, -0.2) is 0 Å². The average molecular weight is 192 g/mol. The third-order valence-electron chi connectivity index (χ3n) is 1.81. The lowest BCUT2D eigenvalue weighted by Gasteiger charge is -1.94. The van der Waals surface area contributed by atoms with Crippen LogP contribution in [0.25, 0.3) is 0 Å². The third-order valence-corrected chi connectivity index (χ3v) is 2.83. The maximum Gasteiger partial charge on any atom is 0.220 e. The van der Waals surface area contributed by atoms with Crippen molar-refractivity contribution in [1.29, 1.82) is 0 Å². The first-order valence-corrected chi connectivity index (χ1v) is 4.75. The Labute approximate surface area is 79.4 Å². The van der Waals surface area contributed by atoms with Crippen molar-refractivity contribution >= 4 is 17.1 Å². The molecule has 0 fully saturated rings. The van der Waals surface area contributed by atoms with Gasteiger partial charge in [0.15, 0.2) is 0 Å². The van der Waals surface area contributed by atoms with Crippen molar-refractivity contribution in [2.75, 3.05) is 0 Å². The van der Waals surface area contributed by atoms with Crippen molar-refractivity contribution < 1.29 is 4.79 Å². The third kappa shape index (κ3) is 1.40. The second-order valence-electron chi connectivity index (χ2n) is 2.73. The van der Waals surface area contributed by atoms with Gasteiger partial charge >= 0.3 is 0 Å². The SMILES string of the molecule is Cc1ccsc1C(=O)c1ccn[nH]1. The molecule has 0 saturated heterocycles. The van der Waals surface area contributed by atoms with Crippen molar-refractivity contribution in [3.63, 3.8) is 0 Å². The zero-order valence-electron chi connectivity index (χ0n) is 7.07. The Balaban J connectivity index is 2.39. The van der Waals surface area contributed by atoms with Gasteiger partial charge in [-0.1, -0.05) is 0 Å². The number of carbonyl (C=O) groups is 1. The van der Waals surface area contributed by atoms with Gasteiger partial charge in [-0.05, 0) is 30.0 Å². The van der Waals surface area contributed by atoms with Crippen LogP contribution in [0.1, 0.15) is 20.9 Å². The van der Waals surface area contributed by atoms with Gasteiger partial charge in [0.2, 0.25) is 5.78 Å². The van der Waals surface area contributed by atoms with E-state index in [0.29, 0.717) is 5.69 Å². The number of thiophene rings is 1. The highest BCUT2D eigenvalue weighted by Crippen LogP contribution is 2.18. The van der Waals surface area contributed by atoms with E-state index in [-0.39, 0.29) is 5.78 Å². The van der Waals surface area contributed by atoms with Crippen molar-refractivity contribution in [1.82, 2.24) is 10.2 Å². The van der Waals surface area contributed by atoms with Crippen LogP contribution in [0.3, 0.4) is 0 Å². The molecule has 13 heavy (non-hydrogen) atoms. The van der Waals surface area contributed by atoms with E-state index in [9.17, 15) is 4.79 Å². The first-order chi connectivity index (χ1) is 6.29. The summed E-state index contributed by atoms with van der Waals surface area (Å²) in [5, 5.41) is 8.32. The quantitative estimate of drug-likeness (QED) is 0.740. The first-order valence-electron chi connectivity index (χ1n) is 3.87. The minimum Gasteiger partial charge on any atom is -0.286 e. The van der Waals surface area contributed by atoms with Gasteiger partial charge in [-0.15, -0.1) is 11.3 Å². The number of nitrogens with zero attached hydrogens (tertiary/aromatic N) is 1. The second kappa shape index (κ2) is 3.14. The summed E-state index contributed by atoms with van der Waals surface area (Å²) < 4.78 is 0. The van der Waals surface area contributed by atoms with Gasteiger partial charge < -0.3 is 0 Å². The number of aromatic nitrogens is 2. The molecule has 0 bridgehead atoms. The predicted molar refractivity (Wildman–Crippen MR) is 51.1 cm³/mol. The molecule has 2 rings (SSSR count). The van der Waals surface area contributed by atoms with Gasteiger partial charge in [0.1, 0.15) is 5.69 Å². The lowest BCUT2D eigenvalue weighted by molar-refractivity contribution is 0.103. The van der Waals surface area contributed by atoms with Crippen LogP contribution < -0.4 is 0 Å². The highest BCUT2D eigenvalue weighted by atomic mass is 32.1. The van der Waals surface area contributed by atoms with E-state index in [1.165, 1.54) is 11.3 Å². The summed E-state index contributed by atoms with van der Waals surface area (Å²) in [5.74, 6) is 0.0185. The number of carbonyl (C=O) groups excluding carboxylic acids is 1. The zero-order chi connectivity index (χ0) is 9.26. The fraction of sp³-hybridized carbons (Fsp3) is 0.111. The Morgan fingerprint density at radius 1 is 1.54 bits per heavy atom. The van der Waals surface area contributed by atoms with Gasteiger partial charge in [0.25, 0.3) is 0 Å².